The topological polar surface area (TPSA) is 60.2 Å². The SMILES string of the molecule is CCC(=O)CCC(F)(c1ccccc1)[N+](=O)[O-]. The number of halogens is 1. The Balaban J connectivity index is 2.91. The minimum atomic E-state index is -2.67. The normalized spacial score (nSPS) is 14.0. The summed E-state index contributed by atoms with van der Waals surface area (Å²) in [6.45, 7) is 1.65. The van der Waals surface area contributed by atoms with Crippen LogP contribution in [0.15, 0.2) is 30.3 Å². The maximum atomic E-state index is 14.3. The molecule has 17 heavy (non-hydrogen) atoms. The molecule has 0 bridgehead atoms. The zero-order valence-corrected chi connectivity index (χ0v) is 9.56. The lowest BCUT2D eigenvalue weighted by Crippen LogP contribution is -2.31. The van der Waals surface area contributed by atoms with Crippen molar-refractivity contribution in [2.24, 2.45) is 0 Å². The van der Waals surface area contributed by atoms with Crippen LogP contribution in [0.5, 0.6) is 0 Å². The van der Waals surface area contributed by atoms with E-state index in [0.717, 1.165) is 0 Å². The van der Waals surface area contributed by atoms with Crippen LogP contribution in [-0.2, 0) is 10.6 Å². The molecule has 92 valence electrons. The van der Waals surface area contributed by atoms with E-state index in [1.54, 1.807) is 13.0 Å². The summed E-state index contributed by atoms with van der Waals surface area (Å²) in [6, 6.07) is 7.45. The molecule has 4 nitrogen and oxygen atoms in total. The Morgan fingerprint density at radius 2 is 2.00 bits per heavy atom. The van der Waals surface area contributed by atoms with Crippen LogP contribution in [0.3, 0.4) is 0 Å². The Hall–Kier alpha value is -1.78. The monoisotopic (exact) mass is 239 g/mol. The molecule has 0 N–H and O–H groups in total. The minimum absolute atomic E-state index is 0.0195. The largest absolute Gasteiger partial charge is 0.385 e. The second kappa shape index (κ2) is 5.52. The summed E-state index contributed by atoms with van der Waals surface area (Å²) in [4.78, 5) is 21.0. The number of alkyl halides is 1. The van der Waals surface area contributed by atoms with Crippen LogP contribution in [0, 0.1) is 10.1 Å². The standard InChI is InChI=1S/C12H14FNO3/c1-2-11(15)8-9-12(13,14(16)17)10-6-4-3-5-7-10/h3-7H,2,8-9H2,1H3. The van der Waals surface area contributed by atoms with E-state index in [4.69, 9.17) is 0 Å². The number of hydrogen-bond donors (Lipinski definition) is 0. The fourth-order valence-electron chi connectivity index (χ4n) is 1.52. The fraction of sp³-hybridized carbons (Fsp3) is 0.417. The second-order valence-electron chi connectivity index (χ2n) is 3.77. The number of nitrogens with zero attached hydrogens (tertiary/aromatic N) is 1. The molecule has 1 atom stereocenters. The van der Waals surface area contributed by atoms with Gasteiger partial charge in [0.15, 0.2) is 0 Å². The number of carbonyl (C=O) groups excluding carboxylic acids is 1. The van der Waals surface area contributed by atoms with E-state index in [0.29, 0.717) is 0 Å². The lowest BCUT2D eigenvalue weighted by molar-refractivity contribution is -0.618. The Morgan fingerprint density at radius 1 is 1.41 bits per heavy atom. The average Bonchev–Trinajstić information content (AvgIpc) is 2.36. The predicted molar refractivity (Wildman–Crippen MR) is 60.8 cm³/mol. The van der Waals surface area contributed by atoms with Gasteiger partial charge >= 0.3 is 5.79 Å². The molecule has 0 spiro atoms. The molecule has 5 heteroatoms. The summed E-state index contributed by atoms with van der Waals surface area (Å²) in [5.41, 5.74) is -0.0195. The van der Waals surface area contributed by atoms with Crippen molar-refractivity contribution < 1.29 is 14.1 Å². The maximum absolute atomic E-state index is 14.3. The molecule has 0 aliphatic carbocycles. The zero-order valence-electron chi connectivity index (χ0n) is 9.56. The molecule has 0 fully saturated rings. The summed E-state index contributed by atoms with van der Waals surface area (Å²) >= 11 is 0. The number of Topliss-reactive ketones (excluding diaryl/α,β-unsaturated/α-hetero) is 1. The van der Waals surface area contributed by atoms with Gasteiger partial charge in [-0.1, -0.05) is 25.1 Å². The van der Waals surface area contributed by atoms with Crippen molar-refractivity contribution in [1.29, 1.82) is 0 Å². The lowest BCUT2D eigenvalue weighted by atomic mass is 9.98. The average molecular weight is 239 g/mol. The van der Waals surface area contributed by atoms with Gasteiger partial charge in [-0.2, -0.15) is 4.39 Å². The third-order valence-corrected chi connectivity index (χ3v) is 2.63. The van der Waals surface area contributed by atoms with Crippen molar-refractivity contribution in [3.63, 3.8) is 0 Å². The highest BCUT2D eigenvalue weighted by atomic mass is 19.1. The van der Waals surface area contributed by atoms with Crippen LogP contribution < -0.4 is 0 Å². The molecule has 0 saturated carbocycles. The highest BCUT2D eigenvalue weighted by Crippen LogP contribution is 2.31. The first kappa shape index (κ1) is 13.3. The second-order valence-corrected chi connectivity index (χ2v) is 3.77. The summed E-state index contributed by atoms with van der Waals surface area (Å²) in [5, 5.41) is 10.8. The van der Waals surface area contributed by atoms with Crippen molar-refractivity contribution in [2.45, 2.75) is 32.0 Å². The van der Waals surface area contributed by atoms with Crippen molar-refractivity contribution in [2.75, 3.05) is 0 Å². The molecule has 0 aliphatic rings. The van der Waals surface area contributed by atoms with E-state index in [1.165, 1.54) is 24.3 Å². The molecule has 1 unspecified atom stereocenters. The van der Waals surface area contributed by atoms with Crippen LogP contribution in [-0.4, -0.2) is 10.7 Å². The summed E-state index contributed by atoms with van der Waals surface area (Å²) < 4.78 is 14.3. The third-order valence-electron chi connectivity index (χ3n) is 2.63. The molecular formula is C12H14FNO3. The third kappa shape index (κ3) is 3.09. The minimum Gasteiger partial charge on any atom is -0.300 e. The molecule has 0 amide bonds. The molecule has 1 aromatic rings. The lowest BCUT2D eigenvalue weighted by Gasteiger charge is -2.16. The van der Waals surface area contributed by atoms with Crippen LogP contribution >= 0.6 is 0 Å². The molecule has 0 radical (unpaired) electrons. The van der Waals surface area contributed by atoms with Gasteiger partial charge in [-0.3, -0.25) is 14.9 Å². The van der Waals surface area contributed by atoms with E-state index in [-0.39, 0.29) is 24.2 Å². The first-order valence-electron chi connectivity index (χ1n) is 5.41. The van der Waals surface area contributed by atoms with Gasteiger partial charge < -0.3 is 0 Å². The first-order chi connectivity index (χ1) is 8.00. The Labute approximate surface area is 98.6 Å². The van der Waals surface area contributed by atoms with E-state index < -0.39 is 17.1 Å². The van der Waals surface area contributed by atoms with Gasteiger partial charge in [0.25, 0.3) is 0 Å². The van der Waals surface area contributed by atoms with Crippen LogP contribution in [0.2, 0.25) is 0 Å². The van der Waals surface area contributed by atoms with Gasteiger partial charge in [-0.15, -0.1) is 0 Å². The predicted octanol–water partition coefficient (Wildman–Crippen LogP) is 2.84. The molecule has 0 aliphatic heterocycles. The summed E-state index contributed by atoms with van der Waals surface area (Å²) in [5.74, 6) is -2.85. The van der Waals surface area contributed by atoms with Gasteiger partial charge in [0, 0.05) is 12.8 Å². The summed E-state index contributed by atoms with van der Waals surface area (Å²) in [6.07, 6.45) is -0.276. The number of benzene rings is 1. The maximum Gasteiger partial charge on any atom is 0.385 e. The van der Waals surface area contributed by atoms with Crippen LogP contribution in [0.25, 0.3) is 0 Å². The number of ketones is 1. The molecule has 0 saturated heterocycles. The van der Waals surface area contributed by atoms with Crippen LogP contribution in [0.4, 0.5) is 4.39 Å². The molecular weight excluding hydrogens is 225 g/mol. The zero-order chi connectivity index (χ0) is 12.9. The Morgan fingerprint density at radius 3 is 2.47 bits per heavy atom. The number of nitro groups is 1. The smallest absolute Gasteiger partial charge is 0.300 e. The van der Waals surface area contributed by atoms with Gasteiger partial charge in [0.05, 0.1) is 16.9 Å². The van der Waals surface area contributed by atoms with Crippen molar-refractivity contribution >= 4 is 5.78 Å². The van der Waals surface area contributed by atoms with Gasteiger partial charge in [0.2, 0.25) is 0 Å². The van der Waals surface area contributed by atoms with E-state index in [1.807, 2.05) is 0 Å². The van der Waals surface area contributed by atoms with Gasteiger partial charge in [-0.05, 0) is 12.1 Å². The highest BCUT2D eigenvalue weighted by molar-refractivity contribution is 5.78. The van der Waals surface area contributed by atoms with Crippen molar-refractivity contribution in [1.82, 2.24) is 0 Å². The van der Waals surface area contributed by atoms with Gasteiger partial charge in [0.1, 0.15) is 5.78 Å². The van der Waals surface area contributed by atoms with E-state index in [2.05, 4.69) is 0 Å². The molecule has 0 heterocycles. The van der Waals surface area contributed by atoms with E-state index in [9.17, 15) is 19.3 Å². The fourth-order valence-corrected chi connectivity index (χ4v) is 1.52. The Bertz CT molecular complexity index is 407. The first-order valence-corrected chi connectivity index (χ1v) is 5.41. The number of carbonyl (C=O) groups is 1. The van der Waals surface area contributed by atoms with Gasteiger partial charge in [-0.25, -0.2) is 0 Å². The number of rotatable bonds is 6. The van der Waals surface area contributed by atoms with Crippen molar-refractivity contribution in [3.8, 4) is 0 Å². The summed E-state index contributed by atoms with van der Waals surface area (Å²) in [7, 11) is 0. The van der Waals surface area contributed by atoms with Crippen LogP contribution in [0.1, 0.15) is 31.7 Å². The van der Waals surface area contributed by atoms with E-state index >= 15 is 0 Å². The molecule has 0 aromatic heterocycles. The molecule has 1 rings (SSSR count). The molecule has 1 aromatic carbocycles. The quantitative estimate of drug-likeness (QED) is 0.435. The number of hydrogen-bond acceptors (Lipinski definition) is 3. The Kier molecular flexibility index (Phi) is 4.31. The van der Waals surface area contributed by atoms with Crippen molar-refractivity contribution in [3.05, 3.63) is 46.0 Å². The highest BCUT2D eigenvalue weighted by Gasteiger charge is 2.44.